The van der Waals surface area contributed by atoms with Gasteiger partial charge in [-0.3, -0.25) is 0 Å². The number of thiocarbonyl (C=S) groups is 1. The van der Waals surface area contributed by atoms with Gasteiger partial charge >= 0.3 is 0 Å². The molecular formula is C5H11N3S. The van der Waals surface area contributed by atoms with Crippen LogP contribution in [0.4, 0.5) is 0 Å². The molecule has 3 nitrogen and oxygen atoms in total. The second kappa shape index (κ2) is 3.10. The third-order valence-corrected chi connectivity index (χ3v) is 1.74. The molecule has 52 valence electrons. The summed E-state index contributed by atoms with van der Waals surface area (Å²) in [5, 5.41) is 7.28. The topological polar surface area (TPSA) is 18.5 Å². The summed E-state index contributed by atoms with van der Waals surface area (Å²) in [6.07, 6.45) is 0. The highest BCUT2D eigenvalue weighted by Crippen LogP contribution is 1.93. The lowest BCUT2D eigenvalue weighted by Crippen LogP contribution is -2.37. The van der Waals surface area contributed by atoms with Crippen LogP contribution in [0.1, 0.15) is 0 Å². The van der Waals surface area contributed by atoms with E-state index in [2.05, 4.69) is 10.3 Å². The molecule has 0 radical (unpaired) electrons. The van der Waals surface area contributed by atoms with E-state index in [1.807, 2.05) is 12.1 Å². The van der Waals surface area contributed by atoms with Crippen molar-refractivity contribution in [3.63, 3.8) is 0 Å². The van der Waals surface area contributed by atoms with Gasteiger partial charge in [-0.25, -0.2) is 5.01 Å². The molecule has 1 aliphatic heterocycles. The zero-order chi connectivity index (χ0) is 6.69. The van der Waals surface area contributed by atoms with Crippen molar-refractivity contribution in [1.82, 2.24) is 15.3 Å². The molecule has 0 spiro atoms. The smallest absolute Gasteiger partial charge is 0.0787 e. The minimum atomic E-state index is 0.920. The minimum Gasteiger partial charge on any atom is -0.304 e. The minimum absolute atomic E-state index is 0.920. The average molecular weight is 145 g/mol. The van der Waals surface area contributed by atoms with Crippen LogP contribution in [0.15, 0.2) is 0 Å². The van der Waals surface area contributed by atoms with Crippen LogP contribution in [-0.2, 0) is 0 Å². The molecule has 1 fully saturated rings. The molecule has 1 rings (SSSR count). The van der Waals surface area contributed by atoms with Gasteiger partial charge in [0, 0.05) is 20.1 Å². The van der Waals surface area contributed by atoms with Gasteiger partial charge in [0.2, 0.25) is 0 Å². The van der Waals surface area contributed by atoms with Crippen molar-refractivity contribution in [2.24, 2.45) is 0 Å². The van der Waals surface area contributed by atoms with Crippen LogP contribution in [0.5, 0.6) is 0 Å². The number of nitrogens with zero attached hydrogens (tertiary/aromatic N) is 2. The molecule has 4 heteroatoms. The van der Waals surface area contributed by atoms with Crippen LogP contribution in [0.2, 0.25) is 0 Å². The fourth-order valence-electron chi connectivity index (χ4n) is 0.831. The maximum atomic E-state index is 4.74. The van der Waals surface area contributed by atoms with E-state index >= 15 is 0 Å². The number of nitrogens with one attached hydrogen (secondary N) is 1. The van der Waals surface area contributed by atoms with Crippen molar-refractivity contribution in [1.29, 1.82) is 0 Å². The Hall–Kier alpha value is -0.190. The highest BCUT2D eigenvalue weighted by atomic mass is 32.1. The van der Waals surface area contributed by atoms with Crippen molar-refractivity contribution < 1.29 is 0 Å². The first-order chi connectivity index (χ1) is 4.34. The SMILES string of the molecule is CN(C=S)N1CCNC1. The molecule has 0 saturated carbocycles. The average Bonchev–Trinajstić information content (AvgIpc) is 2.37. The molecule has 0 aliphatic carbocycles. The lowest BCUT2D eigenvalue weighted by molar-refractivity contribution is 0.110. The number of hydrogen-bond donors (Lipinski definition) is 1. The first kappa shape index (κ1) is 6.92. The van der Waals surface area contributed by atoms with Gasteiger partial charge in [-0.2, -0.15) is 0 Å². The Morgan fingerprint density at radius 2 is 2.56 bits per heavy atom. The van der Waals surface area contributed by atoms with Crippen molar-refractivity contribution in [2.45, 2.75) is 0 Å². The van der Waals surface area contributed by atoms with E-state index in [4.69, 9.17) is 12.2 Å². The zero-order valence-corrected chi connectivity index (χ0v) is 6.32. The van der Waals surface area contributed by atoms with Crippen LogP contribution in [0, 0.1) is 0 Å². The van der Waals surface area contributed by atoms with E-state index in [-0.39, 0.29) is 0 Å². The first-order valence-corrected chi connectivity index (χ1v) is 3.45. The first-order valence-electron chi connectivity index (χ1n) is 2.98. The number of hydrazine groups is 1. The summed E-state index contributed by atoms with van der Waals surface area (Å²) in [7, 11) is 1.96. The van der Waals surface area contributed by atoms with Gasteiger partial charge in [-0.1, -0.05) is 12.2 Å². The van der Waals surface area contributed by atoms with Crippen LogP contribution in [-0.4, -0.2) is 42.3 Å². The summed E-state index contributed by atoms with van der Waals surface area (Å²) in [5.41, 5.74) is 1.65. The van der Waals surface area contributed by atoms with Gasteiger partial charge in [0.25, 0.3) is 0 Å². The Labute approximate surface area is 60.6 Å². The molecule has 0 bridgehead atoms. The number of hydrogen-bond acceptors (Lipinski definition) is 3. The molecule has 0 amide bonds. The summed E-state index contributed by atoms with van der Waals surface area (Å²) in [6.45, 7) is 3.04. The molecule has 0 aromatic carbocycles. The Morgan fingerprint density at radius 1 is 1.78 bits per heavy atom. The fourth-order valence-corrected chi connectivity index (χ4v) is 0.965. The summed E-state index contributed by atoms with van der Waals surface area (Å²) < 4.78 is 0. The van der Waals surface area contributed by atoms with Crippen LogP contribution in [0.25, 0.3) is 0 Å². The van der Waals surface area contributed by atoms with E-state index in [1.165, 1.54) is 0 Å². The van der Waals surface area contributed by atoms with Gasteiger partial charge in [0.1, 0.15) is 0 Å². The van der Waals surface area contributed by atoms with Gasteiger partial charge in [-0.15, -0.1) is 0 Å². The maximum Gasteiger partial charge on any atom is 0.0787 e. The highest BCUT2D eigenvalue weighted by Gasteiger charge is 2.11. The Kier molecular flexibility index (Phi) is 2.38. The molecule has 9 heavy (non-hydrogen) atoms. The molecule has 0 atom stereocenters. The third-order valence-electron chi connectivity index (χ3n) is 1.44. The molecular weight excluding hydrogens is 134 g/mol. The summed E-state index contributed by atoms with van der Waals surface area (Å²) in [6, 6.07) is 0. The van der Waals surface area contributed by atoms with Crippen LogP contribution >= 0.6 is 12.2 Å². The summed E-state index contributed by atoms with van der Waals surface area (Å²) in [5.74, 6) is 0. The zero-order valence-electron chi connectivity index (χ0n) is 5.50. The van der Waals surface area contributed by atoms with Gasteiger partial charge in [0.15, 0.2) is 0 Å². The Balaban J connectivity index is 2.32. The van der Waals surface area contributed by atoms with Crippen molar-refractivity contribution in [2.75, 3.05) is 26.8 Å². The van der Waals surface area contributed by atoms with Gasteiger partial charge in [0.05, 0.1) is 12.2 Å². The standard InChI is InChI=1S/C5H11N3S/c1-7(5-9)8-3-2-6-4-8/h5-6H,2-4H2,1H3. The molecule has 1 heterocycles. The highest BCUT2D eigenvalue weighted by molar-refractivity contribution is 7.78. The second-order valence-corrected chi connectivity index (χ2v) is 2.28. The second-order valence-electron chi connectivity index (χ2n) is 2.07. The van der Waals surface area contributed by atoms with E-state index in [1.54, 1.807) is 5.49 Å². The molecule has 0 unspecified atom stereocenters. The van der Waals surface area contributed by atoms with E-state index in [9.17, 15) is 0 Å². The quantitative estimate of drug-likeness (QED) is 0.535. The van der Waals surface area contributed by atoms with E-state index in [0.29, 0.717) is 0 Å². The van der Waals surface area contributed by atoms with Crippen molar-refractivity contribution >= 4 is 17.7 Å². The normalized spacial score (nSPS) is 20.1. The lowest BCUT2D eigenvalue weighted by atomic mass is 10.7. The largest absolute Gasteiger partial charge is 0.304 e. The van der Waals surface area contributed by atoms with Crippen molar-refractivity contribution in [3.8, 4) is 0 Å². The predicted octanol–water partition coefficient (Wildman–Crippen LogP) is -0.347. The molecule has 1 aliphatic rings. The maximum absolute atomic E-state index is 4.74. The molecule has 0 aromatic heterocycles. The van der Waals surface area contributed by atoms with Crippen LogP contribution < -0.4 is 5.32 Å². The summed E-state index contributed by atoms with van der Waals surface area (Å²) in [4.78, 5) is 0. The van der Waals surface area contributed by atoms with Crippen molar-refractivity contribution in [3.05, 3.63) is 0 Å². The predicted molar refractivity (Wildman–Crippen MR) is 41.0 cm³/mol. The lowest BCUT2D eigenvalue weighted by Gasteiger charge is -2.23. The van der Waals surface area contributed by atoms with Gasteiger partial charge < -0.3 is 10.3 Å². The van der Waals surface area contributed by atoms with Gasteiger partial charge in [-0.05, 0) is 0 Å². The molecule has 1 N–H and O–H groups in total. The Morgan fingerprint density at radius 3 is 3.00 bits per heavy atom. The monoisotopic (exact) mass is 145 g/mol. The third kappa shape index (κ3) is 1.61. The fraction of sp³-hybridized carbons (Fsp3) is 0.800. The molecule has 0 aromatic rings. The summed E-state index contributed by atoms with van der Waals surface area (Å²) >= 11 is 4.74. The number of rotatable bonds is 2. The Bertz CT molecular complexity index is 100. The molecule has 1 saturated heterocycles. The van der Waals surface area contributed by atoms with Crippen LogP contribution in [0.3, 0.4) is 0 Å². The van der Waals surface area contributed by atoms with E-state index in [0.717, 1.165) is 19.8 Å². The van der Waals surface area contributed by atoms with E-state index < -0.39 is 0 Å².